The first-order valence-corrected chi connectivity index (χ1v) is 11.3. The van der Waals surface area contributed by atoms with Crippen molar-refractivity contribution in [2.75, 3.05) is 6.61 Å². The standard InChI is InChI=1S/C26H26N4O5/c1-15(2)23(24(31)29-13-22-27-11-16(12-28-22)25(32)33)30-26(34)35-14-21-19-9-5-3-7-17(19)18-8-4-6-10-20(18)21/h3-12,15,21,23H,13-14H2,1-2H3,(H,29,31)(H,30,34)(H,32,33)/t23-/m1/s1. The highest BCUT2D eigenvalue weighted by molar-refractivity contribution is 5.87. The van der Waals surface area contributed by atoms with Crippen LogP contribution in [0.4, 0.5) is 4.79 Å². The number of aromatic carboxylic acids is 1. The number of aromatic nitrogens is 2. The van der Waals surface area contributed by atoms with Gasteiger partial charge in [-0.3, -0.25) is 4.79 Å². The van der Waals surface area contributed by atoms with Gasteiger partial charge in [0.05, 0.1) is 12.1 Å². The zero-order valence-electron chi connectivity index (χ0n) is 19.4. The molecule has 2 amide bonds. The van der Waals surface area contributed by atoms with Crippen LogP contribution in [0.25, 0.3) is 11.1 Å². The third-order valence-electron chi connectivity index (χ3n) is 5.94. The quantitative estimate of drug-likeness (QED) is 0.456. The summed E-state index contributed by atoms with van der Waals surface area (Å²) in [5, 5.41) is 14.3. The van der Waals surface area contributed by atoms with Crippen LogP contribution in [0.2, 0.25) is 0 Å². The average Bonchev–Trinajstić information content (AvgIpc) is 3.18. The number of hydrogen-bond donors (Lipinski definition) is 3. The SMILES string of the molecule is CC(C)[C@@H](NC(=O)OCC1c2ccccc2-c2ccccc21)C(=O)NCc1ncc(C(=O)O)cn1. The van der Waals surface area contributed by atoms with Gasteiger partial charge in [0, 0.05) is 18.3 Å². The highest BCUT2D eigenvalue weighted by atomic mass is 16.5. The molecule has 1 aromatic heterocycles. The Hall–Kier alpha value is -4.27. The van der Waals surface area contributed by atoms with Crippen LogP contribution in [0, 0.1) is 5.92 Å². The largest absolute Gasteiger partial charge is 0.478 e. The Kier molecular flexibility index (Phi) is 7.05. The van der Waals surface area contributed by atoms with Crippen molar-refractivity contribution in [1.82, 2.24) is 20.6 Å². The number of nitrogens with zero attached hydrogens (tertiary/aromatic N) is 2. The smallest absolute Gasteiger partial charge is 0.407 e. The lowest BCUT2D eigenvalue weighted by molar-refractivity contribution is -0.124. The van der Waals surface area contributed by atoms with Gasteiger partial charge in [-0.1, -0.05) is 62.4 Å². The van der Waals surface area contributed by atoms with Gasteiger partial charge < -0.3 is 20.5 Å². The van der Waals surface area contributed by atoms with Crippen molar-refractivity contribution in [2.45, 2.75) is 32.4 Å². The topological polar surface area (TPSA) is 131 Å². The summed E-state index contributed by atoms with van der Waals surface area (Å²) in [6.07, 6.45) is 1.67. The van der Waals surface area contributed by atoms with E-state index in [4.69, 9.17) is 9.84 Å². The number of amides is 2. The number of carbonyl (C=O) groups is 3. The summed E-state index contributed by atoms with van der Waals surface area (Å²) in [6, 6.07) is 15.3. The molecule has 2 aromatic carbocycles. The first-order valence-electron chi connectivity index (χ1n) is 11.3. The van der Waals surface area contributed by atoms with Crippen LogP contribution >= 0.6 is 0 Å². The molecule has 9 nitrogen and oxygen atoms in total. The molecule has 4 rings (SSSR count). The maximum absolute atomic E-state index is 12.7. The molecule has 180 valence electrons. The number of nitrogens with one attached hydrogen (secondary N) is 2. The van der Waals surface area contributed by atoms with Crippen molar-refractivity contribution in [3.05, 3.63) is 83.4 Å². The number of carboxylic acids is 1. The van der Waals surface area contributed by atoms with Crippen molar-refractivity contribution in [3.63, 3.8) is 0 Å². The van der Waals surface area contributed by atoms with E-state index in [1.165, 1.54) is 12.4 Å². The lowest BCUT2D eigenvalue weighted by Crippen LogP contribution is -2.49. The van der Waals surface area contributed by atoms with Crippen molar-refractivity contribution in [2.24, 2.45) is 5.92 Å². The van der Waals surface area contributed by atoms with Crippen LogP contribution in [0.1, 0.15) is 47.1 Å². The highest BCUT2D eigenvalue weighted by Crippen LogP contribution is 2.44. The van der Waals surface area contributed by atoms with Crippen LogP contribution in [0.15, 0.2) is 60.9 Å². The van der Waals surface area contributed by atoms with Crippen LogP contribution < -0.4 is 10.6 Å². The number of ether oxygens (including phenoxy) is 1. The van der Waals surface area contributed by atoms with E-state index in [2.05, 4.69) is 32.7 Å². The number of carboxylic acid groups (broad SMARTS) is 1. The Bertz CT molecular complexity index is 1200. The molecule has 0 saturated heterocycles. The first kappa shape index (κ1) is 23.9. The fourth-order valence-corrected chi connectivity index (χ4v) is 4.13. The molecule has 0 saturated carbocycles. The molecule has 0 spiro atoms. The minimum absolute atomic E-state index is 0.00563. The predicted octanol–water partition coefficient (Wildman–Crippen LogP) is 3.35. The molecule has 0 unspecified atom stereocenters. The number of hydrogen-bond acceptors (Lipinski definition) is 6. The van der Waals surface area contributed by atoms with Crippen LogP contribution in [-0.2, 0) is 16.1 Å². The second-order valence-electron chi connectivity index (χ2n) is 8.60. The molecular formula is C26H26N4O5. The fraction of sp³-hybridized carbons (Fsp3) is 0.269. The maximum atomic E-state index is 12.7. The zero-order chi connectivity index (χ0) is 24.9. The number of rotatable bonds is 8. The van der Waals surface area contributed by atoms with Gasteiger partial charge in [0.2, 0.25) is 5.91 Å². The van der Waals surface area contributed by atoms with Gasteiger partial charge in [-0.25, -0.2) is 19.6 Å². The summed E-state index contributed by atoms with van der Waals surface area (Å²) < 4.78 is 5.56. The van der Waals surface area contributed by atoms with Crippen molar-refractivity contribution in [3.8, 4) is 11.1 Å². The second-order valence-corrected chi connectivity index (χ2v) is 8.60. The van der Waals surface area contributed by atoms with E-state index >= 15 is 0 Å². The summed E-state index contributed by atoms with van der Waals surface area (Å²) in [7, 11) is 0. The number of carbonyl (C=O) groups excluding carboxylic acids is 2. The Morgan fingerprint density at radius 1 is 0.971 bits per heavy atom. The van der Waals surface area contributed by atoms with Crippen molar-refractivity contribution >= 4 is 18.0 Å². The van der Waals surface area contributed by atoms with Crippen molar-refractivity contribution < 1.29 is 24.2 Å². The van der Waals surface area contributed by atoms with Gasteiger partial charge in [-0.05, 0) is 28.2 Å². The minimum Gasteiger partial charge on any atom is -0.478 e. The van der Waals surface area contributed by atoms with Gasteiger partial charge in [0.25, 0.3) is 0 Å². The molecule has 3 N–H and O–H groups in total. The van der Waals surface area contributed by atoms with Crippen molar-refractivity contribution in [1.29, 1.82) is 0 Å². The molecule has 3 aromatic rings. The maximum Gasteiger partial charge on any atom is 0.407 e. The molecule has 1 aliphatic carbocycles. The lowest BCUT2D eigenvalue weighted by atomic mass is 9.98. The van der Waals surface area contributed by atoms with Gasteiger partial charge in [-0.2, -0.15) is 0 Å². The van der Waals surface area contributed by atoms with Crippen LogP contribution in [-0.4, -0.2) is 45.7 Å². The molecule has 1 atom stereocenters. The van der Waals surface area contributed by atoms with E-state index in [9.17, 15) is 14.4 Å². The molecule has 1 aliphatic rings. The Balaban J connectivity index is 1.35. The van der Waals surface area contributed by atoms with E-state index in [-0.39, 0.29) is 36.4 Å². The van der Waals surface area contributed by atoms with Gasteiger partial charge >= 0.3 is 12.1 Å². The second kappa shape index (κ2) is 10.3. The number of benzene rings is 2. The van der Waals surface area contributed by atoms with Crippen LogP contribution in [0.5, 0.6) is 0 Å². The van der Waals surface area contributed by atoms with Gasteiger partial charge in [0.15, 0.2) is 0 Å². The zero-order valence-corrected chi connectivity index (χ0v) is 19.4. The summed E-state index contributed by atoms with van der Waals surface area (Å²) in [5.74, 6) is -1.57. The molecule has 0 aliphatic heterocycles. The summed E-state index contributed by atoms with van der Waals surface area (Å²) in [6.45, 7) is 3.77. The predicted molar refractivity (Wildman–Crippen MR) is 128 cm³/mol. The van der Waals surface area contributed by atoms with E-state index in [0.29, 0.717) is 0 Å². The summed E-state index contributed by atoms with van der Waals surface area (Å²) in [5.41, 5.74) is 4.43. The van der Waals surface area contributed by atoms with Crippen LogP contribution in [0.3, 0.4) is 0 Å². The van der Waals surface area contributed by atoms with E-state index in [0.717, 1.165) is 22.3 Å². The lowest BCUT2D eigenvalue weighted by Gasteiger charge is -2.22. The minimum atomic E-state index is -1.13. The monoisotopic (exact) mass is 474 g/mol. The highest BCUT2D eigenvalue weighted by Gasteiger charge is 2.30. The summed E-state index contributed by atoms with van der Waals surface area (Å²) in [4.78, 5) is 44.1. The Morgan fingerprint density at radius 2 is 1.54 bits per heavy atom. The third-order valence-corrected chi connectivity index (χ3v) is 5.94. The molecular weight excluding hydrogens is 448 g/mol. The molecule has 9 heteroatoms. The number of alkyl carbamates (subject to hydrolysis) is 1. The van der Waals surface area contributed by atoms with Gasteiger partial charge in [0.1, 0.15) is 18.5 Å². The third kappa shape index (κ3) is 5.29. The first-order chi connectivity index (χ1) is 16.8. The fourth-order valence-electron chi connectivity index (χ4n) is 4.13. The Labute approximate surface area is 202 Å². The summed E-state index contributed by atoms with van der Waals surface area (Å²) >= 11 is 0. The van der Waals surface area contributed by atoms with Gasteiger partial charge in [-0.15, -0.1) is 0 Å². The molecule has 0 fully saturated rings. The van der Waals surface area contributed by atoms with E-state index in [1.54, 1.807) is 0 Å². The molecule has 35 heavy (non-hydrogen) atoms. The number of fused-ring (bicyclic) bond motifs is 3. The molecule has 0 radical (unpaired) electrons. The molecule has 0 bridgehead atoms. The van der Waals surface area contributed by atoms with E-state index < -0.39 is 24.0 Å². The average molecular weight is 475 g/mol. The normalized spacial score (nSPS) is 13.0. The van der Waals surface area contributed by atoms with E-state index in [1.807, 2.05) is 50.2 Å². The Morgan fingerprint density at radius 3 is 2.09 bits per heavy atom. The molecule has 1 heterocycles.